The molecule has 80 valence electrons. The molecule has 7 heteroatoms. The first kappa shape index (κ1) is 11.3. The first-order chi connectivity index (χ1) is 6.99. The van der Waals surface area contributed by atoms with E-state index in [1.165, 1.54) is 12.1 Å². The molecule has 0 bridgehead atoms. The first-order valence-electron chi connectivity index (χ1n) is 3.84. The topological polar surface area (TPSA) is 93.5 Å². The van der Waals surface area contributed by atoms with Crippen LogP contribution in [-0.2, 0) is 0 Å². The molecule has 0 radical (unpaired) electrons. The summed E-state index contributed by atoms with van der Waals surface area (Å²) in [6.07, 6.45) is 0. The Bertz CT molecular complexity index is 421. The lowest BCUT2D eigenvalue weighted by Gasteiger charge is -2.00. The number of nitrogens with two attached hydrogens (primary N) is 2. The summed E-state index contributed by atoms with van der Waals surface area (Å²) < 4.78 is 12.9. The molecule has 0 aliphatic heterocycles. The number of carbonyl (C=O) groups is 1. The van der Waals surface area contributed by atoms with Crippen LogP contribution in [-0.4, -0.2) is 12.0 Å². The van der Waals surface area contributed by atoms with Crippen LogP contribution in [0.3, 0.4) is 0 Å². The maximum atomic E-state index is 12.9. The van der Waals surface area contributed by atoms with Crippen molar-refractivity contribution in [1.29, 1.82) is 0 Å². The second-order valence-electron chi connectivity index (χ2n) is 2.58. The summed E-state index contributed by atoms with van der Waals surface area (Å²) in [4.78, 5) is 14.1. The van der Waals surface area contributed by atoms with Gasteiger partial charge in [-0.3, -0.25) is 5.32 Å². The minimum Gasteiger partial charge on any atom is -0.369 e. The van der Waals surface area contributed by atoms with E-state index in [4.69, 9.17) is 23.1 Å². The predicted molar refractivity (Wildman–Crippen MR) is 55.4 cm³/mol. The highest BCUT2D eigenvalue weighted by Gasteiger charge is 2.01. The van der Waals surface area contributed by atoms with E-state index in [0.717, 1.165) is 6.07 Å². The van der Waals surface area contributed by atoms with Gasteiger partial charge in [0.05, 0.1) is 10.7 Å². The highest BCUT2D eigenvalue weighted by atomic mass is 35.5. The predicted octanol–water partition coefficient (Wildman–Crippen LogP) is 1.09. The second-order valence-corrected chi connectivity index (χ2v) is 2.99. The molecule has 1 aromatic carbocycles. The molecule has 0 unspecified atom stereocenters. The summed E-state index contributed by atoms with van der Waals surface area (Å²) in [6, 6.07) is 3.01. The Hall–Kier alpha value is -1.82. The van der Waals surface area contributed by atoms with Gasteiger partial charge in [0.1, 0.15) is 5.82 Å². The molecule has 0 saturated heterocycles. The maximum Gasteiger partial charge on any atom is 0.318 e. The van der Waals surface area contributed by atoms with Gasteiger partial charge >= 0.3 is 6.03 Å². The number of hydrogen-bond acceptors (Lipinski definition) is 2. The molecule has 0 fully saturated rings. The number of carbonyl (C=O) groups excluding carboxylic acids is 1. The lowest BCUT2D eigenvalue weighted by Crippen LogP contribution is -2.39. The van der Waals surface area contributed by atoms with Gasteiger partial charge in [-0.1, -0.05) is 11.6 Å². The molecule has 15 heavy (non-hydrogen) atoms. The van der Waals surface area contributed by atoms with Gasteiger partial charge in [0.2, 0.25) is 5.96 Å². The molecule has 1 rings (SSSR count). The fourth-order valence-electron chi connectivity index (χ4n) is 0.848. The van der Waals surface area contributed by atoms with Gasteiger partial charge in [-0.2, -0.15) is 0 Å². The van der Waals surface area contributed by atoms with E-state index in [0.29, 0.717) is 0 Å². The van der Waals surface area contributed by atoms with E-state index < -0.39 is 11.8 Å². The van der Waals surface area contributed by atoms with Crippen LogP contribution in [0.5, 0.6) is 0 Å². The number of halogens is 2. The number of rotatable bonds is 1. The lowest BCUT2D eigenvalue weighted by atomic mass is 10.3. The molecule has 5 nitrogen and oxygen atoms in total. The van der Waals surface area contributed by atoms with E-state index in [2.05, 4.69) is 4.99 Å². The van der Waals surface area contributed by atoms with E-state index in [1.807, 2.05) is 5.32 Å². The van der Waals surface area contributed by atoms with Crippen molar-refractivity contribution in [3.8, 4) is 0 Å². The van der Waals surface area contributed by atoms with Gasteiger partial charge < -0.3 is 11.5 Å². The number of aliphatic imine (C=N–C) groups is 1. The van der Waals surface area contributed by atoms with Crippen molar-refractivity contribution in [3.05, 3.63) is 29.0 Å². The average molecular weight is 231 g/mol. The summed E-state index contributed by atoms with van der Waals surface area (Å²) in [7, 11) is 0. The van der Waals surface area contributed by atoms with Crippen LogP contribution in [0, 0.1) is 5.82 Å². The van der Waals surface area contributed by atoms with Crippen LogP contribution in [0.15, 0.2) is 23.2 Å². The second kappa shape index (κ2) is 4.61. The third-order valence-corrected chi connectivity index (χ3v) is 1.71. The molecule has 0 spiro atoms. The van der Waals surface area contributed by atoms with Crippen molar-refractivity contribution in [2.75, 3.05) is 0 Å². The fraction of sp³-hybridized carbons (Fsp3) is 0. The Balaban J connectivity index is 2.88. The molecule has 0 aromatic heterocycles. The molecular weight excluding hydrogens is 223 g/mol. The number of nitrogens with one attached hydrogen (secondary N) is 1. The zero-order valence-corrected chi connectivity index (χ0v) is 8.25. The van der Waals surface area contributed by atoms with E-state index in [1.54, 1.807) is 0 Å². The highest BCUT2D eigenvalue weighted by Crippen LogP contribution is 2.20. The van der Waals surface area contributed by atoms with Gasteiger partial charge in [-0.15, -0.1) is 0 Å². The van der Waals surface area contributed by atoms with Crippen molar-refractivity contribution in [2.45, 2.75) is 0 Å². The molecule has 0 aliphatic carbocycles. The zero-order valence-electron chi connectivity index (χ0n) is 7.50. The Morgan fingerprint density at radius 3 is 2.67 bits per heavy atom. The largest absolute Gasteiger partial charge is 0.369 e. The quantitative estimate of drug-likeness (QED) is 0.498. The van der Waals surface area contributed by atoms with Crippen molar-refractivity contribution < 1.29 is 9.18 Å². The van der Waals surface area contributed by atoms with Crippen LogP contribution in [0.4, 0.5) is 14.9 Å². The van der Waals surface area contributed by atoms with E-state index in [-0.39, 0.29) is 16.7 Å². The van der Waals surface area contributed by atoms with Gasteiger partial charge in [0.25, 0.3) is 0 Å². The van der Waals surface area contributed by atoms with Crippen molar-refractivity contribution in [1.82, 2.24) is 5.32 Å². The van der Waals surface area contributed by atoms with Crippen LogP contribution in [0.1, 0.15) is 0 Å². The highest BCUT2D eigenvalue weighted by molar-refractivity contribution is 6.30. The summed E-state index contributed by atoms with van der Waals surface area (Å²) in [6.45, 7) is 0. The summed E-state index contributed by atoms with van der Waals surface area (Å²) in [5.41, 5.74) is 10.3. The van der Waals surface area contributed by atoms with Crippen molar-refractivity contribution in [3.63, 3.8) is 0 Å². The van der Waals surface area contributed by atoms with Crippen LogP contribution in [0.25, 0.3) is 0 Å². The van der Waals surface area contributed by atoms with E-state index >= 15 is 0 Å². The van der Waals surface area contributed by atoms with E-state index in [9.17, 15) is 9.18 Å². The summed E-state index contributed by atoms with van der Waals surface area (Å²) in [5.74, 6) is -0.839. The minimum absolute atomic E-state index is 0.0182. The molecule has 2 amide bonds. The molecule has 0 aliphatic rings. The Morgan fingerprint density at radius 1 is 1.47 bits per heavy atom. The molecule has 0 atom stereocenters. The number of amides is 2. The number of primary amides is 1. The maximum absolute atomic E-state index is 12.9. The molecule has 1 aromatic rings. The monoisotopic (exact) mass is 230 g/mol. The van der Waals surface area contributed by atoms with Gasteiger partial charge in [-0.25, -0.2) is 14.2 Å². The third-order valence-electron chi connectivity index (χ3n) is 1.40. The van der Waals surface area contributed by atoms with Crippen molar-refractivity contribution >= 4 is 29.3 Å². The SMILES string of the molecule is NC(=O)NC(N)=Nc1ccc(Cl)c(F)c1. The standard InChI is InChI=1S/C8H8ClFN4O/c9-5-2-1-4(3-6(5)10)13-7(11)14-8(12)15/h1-3H,(H5,11,12,13,14,15). The number of urea groups is 1. The van der Waals surface area contributed by atoms with Crippen LogP contribution < -0.4 is 16.8 Å². The van der Waals surface area contributed by atoms with Crippen LogP contribution in [0.2, 0.25) is 5.02 Å². The first-order valence-corrected chi connectivity index (χ1v) is 4.22. The van der Waals surface area contributed by atoms with Crippen molar-refractivity contribution in [2.24, 2.45) is 16.5 Å². The molecule has 5 N–H and O–H groups in total. The number of hydrogen-bond donors (Lipinski definition) is 3. The summed E-state index contributed by atoms with van der Waals surface area (Å²) >= 11 is 5.46. The zero-order chi connectivity index (χ0) is 11.4. The van der Waals surface area contributed by atoms with Gasteiger partial charge in [-0.05, 0) is 12.1 Å². The average Bonchev–Trinajstić information content (AvgIpc) is 2.10. The fourth-order valence-corrected chi connectivity index (χ4v) is 0.965. The smallest absolute Gasteiger partial charge is 0.318 e. The number of nitrogens with zero attached hydrogens (tertiary/aromatic N) is 1. The Morgan fingerprint density at radius 2 is 2.13 bits per heavy atom. The Labute approximate surface area is 89.9 Å². The van der Waals surface area contributed by atoms with Gasteiger partial charge in [0.15, 0.2) is 0 Å². The minimum atomic E-state index is -0.842. The van der Waals surface area contributed by atoms with Crippen LogP contribution >= 0.6 is 11.6 Å². The third kappa shape index (κ3) is 3.43. The molecular formula is C8H8ClFN4O. The number of benzene rings is 1. The molecule has 0 heterocycles. The van der Waals surface area contributed by atoms with Gasteiger partial charge in [0, 0.05) is 6.07 Å². The molecule has 0 saturated carbocycles. The summed E-state index contributed by atoms with van der Waals surface area (Å²) in [5, 5.41) is 2.02. The lowest BCUT2D eigenvalue weighted by molar-refractivity contribution is 0.253. The normalized spacial score (nSPS) is 11.2. The Kier molecular flexibility index (Phi) is 3.46. The number of guanidine groups is 1.